The van der Waals surface area contributed by atoms with Gasteiger partial charge in [-0.1, -0.05) is 0 Å². The van der Waals surface area contributed by atoms with Gasteiger partial charge in [-0.15, -0.1) is 0 Å². The molecule has 1 heterocycles. The quantitative estimate of drug-likeness (QED) is 0.422. The van der Waals surface area contributed by atoms with Crippen LogP contribution in [0.15, 0.2) is 28.2 Å². The molecule has 1 amide bonds. The van der Waals surface area contributed by atoms with Crippen molar-refractivity contribution in [2.75, 3.05) is 5.32 Å². The molecular formula is C12H16N6O2. The van der Waals surface area contributed by atoms with E-state index in [2.05, 4.69) is 15.3 Å². The van der Waals surface area contributed by atoms with Gasteiger partial charge in [0.05, 0.1) is 11.4 Å². The summed E-state index contributed by atoms with van der Waals surface area (Å²) in [4.78, 5) is 19.4. The van der Waals surface area contributed by atoms with E-state index in [-0.39, 0.29) is 17.8 Å². The van der Waals surface area contributed by atoms with Gasteiger partial charge in [0.25, 0.3) is 5.91 Å². The Morgan fingerprint density at radius 3 is 2.65 bits per heavy atom. The largest absolute Gasteiger partial charge is 0.476 e. The smallest absolute Gasteiger partial charge is 0.268 e. The number of fused-ring (bicyclic) bond motifs is 1. The number of ether oxygens (including phenoxy) is 1. The van der Waals surface area contributed by atoms with Gasteiger partial charge in [0.15, 0.2) is 11.6 Å². The van der Waals surface area contributed by atoms with Gasteiger partial charge in [0, 0.05) is 0 Å². The van der Waals surface area contributed by atoms with Crippen LogP contribution in [0.2, 0.25) is 0 Å². The predicted molar refractivity (Wildman–Crippen MR) is 76.9 cm³/mol. The number of guanidine groups is 2. The summed E-state index contributed by atoms with van der Waals surface area (Å²) in [6.07, 6.45) is 0. The molecule has 1 aromatic rings. The number of carbonyl (C=O) groups excluding carboxylic acids is 1. The summed E-state index contributed by atoms with van der Waals surface area (Å²) in [6.45, 7) is 3.38. The number of amides is 1. The fourth-order valence-corrected chi connectivity index (χ4v) is 1.66. The average Bonchev–Trinajstić information content (AvgIpc) is 2.29. The Morgan fingerprint density at radius 1 is 1.30 bits per heavy atom. The van der Waals surface area contributed by atoms with Gasteiger partial charge in [-0.05, 0) is 32.0 Å². The molecule has 7 N–H and O–H groups in total. The second-order valence-electron chi connectivity index (χ2n) is 4.75. The Morgan fingerprint density at radius 2 is 2.00 bits per heavy atom. The number of nitrogens with two attached hydrogens (primary N) is 3. The van der Waals surface area contributed by atoms with Crippen molar-refractivity contribution < 1.29 is 9.53 Å². The first-order chi connectivity index (χ1) is 9.28. The highest BCUT2D eigenvalue weighted by Crippen LogP contribution is 2.36. The molecule has 0 unspecified atom stereocenters. The normalized spacial score (nSPS) is 16.7. The summed E-state index contributed by atoms with van der Waals surface area (Å²) in [5, 5.41) is 2.75. The Balaban J connectivity index is 2.32. The molecule has 0 saturated heterocycles. The molecule has 0 spiro atoms. The van der Waals surface area contributed by atoms with Crippen LogP contribution in [-0.2, 0) is 4.79 Å². The van der Waals surface area contributed by atoms with Crippen molar-refractivity contribution in [3.8, 4) is 5.75 Å². The average molecular weight is 276 g/mol. The first-order valence-corrected chi connectivity index (χ1v) is 5.86. The maximum Gasteiger partial charge on any atom is 0.268 e. The molecule has 8 nitrogen and oxygen atoms in total. The topological polar surface area (TPSA) is 141 Å². The molecule has 2 rings (SSSR count). The Labute approximate surface area is 115 Å². The van der Waals surface area contributed by atoms with Crippen LogP contribution in [0.4, 0.5) is 11.4 Å². The van der Waals surface area contributed by atoms with Gasteiger partial charge in [-0.25, -0.2) is 4.99 Å². The molecule has 1 aliphatic rings. The van der Waals surface area contributed by atoms with Gasteiger partial charge in [0.1, 0.15) is 5.75 Å². The number of anilines is 1. The third kappa shape index (κ3) is 2.79. The van der Waals surface area contributed by atoms with E-state index in [0.717, 1.165) is 0 Å². The third-order valence-electron chi connectivity index (χ3n) is 2.61. The summed E-state index contributed by atoms with van der Waals surface area (Å²) in [6, 6.07) is 5.00. The third-order valence-corrected chi connectivity index (χ3v) is 2.61. The molecule has 106 valence electrons. The number of hydrogen-bond acceptors (Lipinski definition) is 3. The molecule has 0 aliphatic carbocycles. The first kappa shape index (κ1) is 13.7. The fourth-order valence-electron chi connectivity index (χ4n) is 1.66. The summed E-state index contributed by atoms with van der Waals surface area (Å²) in [5.74, 6) is 0.0771. The van der Waals surface area contributed by atoms with Crippen molar-refractivity contribution >= 4 is 29.2 Å². The molecular weight excluding hydrogens is 260 g/mol. The number of rotatable bonds is 1. The van der Waals surface area contributed by atoms with Crippen LogP contribution in [0.5, 0.6) is 5.75 Å². The number of aliphatic imine (C=N–C) groups is 2. The standard InChI is InChI=1S/C12H16N6O2/c1-12(2)9(19)17-7-5-6(3-4-8(7)20-12)16-11(15)18-10(13)14/h3-5H,1-2H3,(H,17,19)(H6,13,14,15,16,18). The van der Waals surface area contributed by atoms with Gasteiger partial charge in [0.2, 0.25) is 5.96 Å². The van der Waals surface area contributed by atoms with E-state index >= 15 is 0 Å². The molecule has 0 fully saturated rings. The molecule has 0 atom stereocenters. The fraction of sp³-hybridized carbons (Fsp3) is 0.250. The van der Waals surface area contributed by atoms with Crippen molar-refractivity contribution in [3.05, 3.63) is 18.2 Å². The van der Waals surface area contributed by atoms with E-state index in [1.54, 1.807) is 32.0 Å². The van der Waals surface area contributed by atoms with Crippen LogP contribution >= 0.6 is 0 Å². The van der Waals surface area contributed by atoms with Gasteiger partial charge in [-0.2, -0.15) is 4.99 Å². The first-order valence-electron chi connectivity index (χ1n) is 5.86. The molecule has 8 heteroatoms. The van der Waals surface area contributed by atoms with Gasteiger partial charge in [-0.3, -0.25) is 4.79 Å². The lowest BCUT2D eigenvalue weighted by atomic mass is 10.1. The zero-order chi connectivity index (χ0) is 14.9. The summed E-state index contributed by atoms with van der Waals surface area (Å²) in [5.41, 5.74) is 16.0. The van der Waals surface area contributed by atoms with Crippen molar-refractivity contribution in [2.24, 2.45) is 27.2 Å². The molecule has 1 aliphatic heterocycles. The van der Waals surface area contributed by atoms with E-state index in [1.807, 2.05) is 0 Å². The summed E-state index contributed by atoms with van der Waals surface area (Å²) < 4.78 is 5.60. The van der Waals surface area contributed by atoms with E-state index in [9.17, 15) is 4.79 Å². The Hall–Kier alpha value is -2.77. The molecule has 0 radical (unpaired) electrons. The van der Waals surface area contributed by atoms with Gasteiger partial charge < -0.3 is 27.3 Å². The van der Waals surface area contributed by atoms with Crippen LogP contribution in [0.1, 0.15) is 13.8 Å². The highest BCUT2D eigenvalue weighted by atomic mass is 16.5. The van der Waals surface area contributed by atoms with Gasteiger partial charge >= 0.3 is 0 Å². The molecule has 0 bridgehead atoms. The monoisotopic (exact) mass is 276 g/mol. The lowest BCUT2D eigenvalue weighted by molar-refractivity contribution is -0.129. The van der Waals surface area contributed by atoms with Crippen LogP contribution in [0.25, 0.3) is 0 Å². The van der Waals surface area contributed by atoms with Crippen molar-refractivity contribution in [3.63, 3.8) is 0 Å². The van der Waals surface area contributed by atoms with Crippen LogP contribution in [0.3, 0.4) is 0 Å². The van der Waals surface area contributed by atoms with Crippen LogP contribution in [0, 0.1) is 0 Å². The second kappa shape index (κ2) is 4.72. The minimum Gasteiger partial charge on any atom is -0.476 e. The zero-order valence-corrected chi connectivity index (χ0v) is 11.2. The lowest BCUT2D eigenvalue weighted by Crippen LogP contribution is -2.45. The minimum absolute atomic E-state index is 0.0756. The summed E-state index contributed by atoms with van der Waals surface area (Å²) in [7, 11) is 0. The maximum absolute atomic E-state index is 11.8. The SMILES string of the molecule is CC1(C)Oc2ccc(N=C(N)N=C(N)N)cc2NC1=O. The number of benzene rings is 1. The number of carbonyl (C=O) groups is 1. The molecule has 1 aromatic carbocycles. The lowest BCUT2D eigenvalue weighted by Gasteiger charge is -2.31. The van der Waals surface area contributed by atoms with Crippen LogP contribution in [-0.4, -0.2) is 23.4 Å². The second-order valence-corrected chi connectivity index (χ2v) is 4.75. The van der Waals surface area contributed by atoms with Crippen LogP contribution < -0.4 is 27.3 Å². The van der Waals surface area contributed by atoms with Crippen molar-refractivity contribution in [1.82, 2.24) is 0 Å². The minimum atomic E-state index is -0.908. The summed E-state index contributed by atoms with van der Waals surface area (Å²) >= 11 is 0. The van der Waals surface area contributed by atoms with E-state index < -0.39 is 5.60 Å². The van der Waals surface area contributed by atoms with E-state index in [1.165, 1.54) is 0 Å². The highest BCUT2D eigenvalue weighted by Gasteiger charge is 2.35. The number of nitrogens with zero attached hydrogens (tertiary/aromatic N) is 2. The molecule has 20 heavy (non-hydrogen) atoms. The highest BCUT2D eigenvalue weighted by molar-refractivity contribution is 6.01. The number of hydrogen-bond donors (Lipinski definition) is 4. The van der Waals surface area contributed by atoms with Crippen molar-refractivity contribution in [2.45, 2.75) is 19.4 Å². The van der Waals surface area contributed by atoms with E-state index in [4.69, 9.17) is 21.9 Å². The van der Waals surface area contributed by atoms with E-state index in [0.29, 0.717) is 17.1 Å². The predicted octanol–water partition coefficient (Wildman–Crippen LogP) is 0.0157. The number of nitrogens with one attached hydrogen (secondary N) is 1. The van der Waals surface area contributed by atoms with Crippen molar-refractivity contribution in [1.29, 1.82) is 0 Å². The Bertz CT molecular complexity index is 616. The Kier molecular flexibility index (Phi) is 3.23. The zero-order valence-electron chi connectivity index (χ0n) is 11.2. The molecule has 0 saturated carbocycles. The molecule has 0 aromatic heterocycles. The maximum atomic E-state index is 11.8.